The molecule has 0 bridgehead atoms. The third-order valence-electron chi connectivity index (χ3n) is 13.9. The van der Waals surface area contributed by atoms with Crippen LogP contribution in [-0.2, 0) is 14.4 Å². The van der Waals surface area contributed by atoms with E-state index >= 15 is 0 Å². The zero-order valence-corrected chi connectivity index (χ0v) is 25.2. The molecule has 216 valence electrons. The highest BCUT2D eigenvalue weighted by Gasteiger charge is 2.71. The van der Waals surface area contributed by atoms with E-state index < -0.39 is 5.41 Å². The molecule has 39 heavy (non-hydrogen) atoms. The van der Waals surface area contributed by atoms with Crippen molar-refractivity contribution in [2.75, 3.05) is 0 Å². The van der Waals surface area contributed by atoms with Gasteiger partial charge in [-0.1, -0.05) is 40.0 Å². The van der Waals surface area contributed by atoms with Gasteiger partial charge in [0.05, 0.1) is 11.5 Å². The summed E-state index contributed by atoms with van der Waals surface area (Å²) in [5.41, 5.74) is -0.544. The van der Waals surface area contributed by atoms with Gasteiger partial charge in [-0.15, -0.1) is 0 Å². The molecule has 5 aliphatic carbocycles. The molecule has 0 aromatic heterocycles. The lowest BCUT2D eigenvalue weighted by molar-refractivity contribution is -0.218. The molecule has 5 heteroatoms. The van der Waals surface area contributed by atoms with Crippen LogP contribution in [0.25, 0.3) is 0 Å². The quantitative estimate of drug-likeness (QED) is 0.389. The van der Waals surface area contributed by atoms with Crippen molar-refractivity contribution in [3.63, 3.8) is 0 Å². The van der Waals surface area contributed by atoms with Gasteiger partial charge < -0.3 is 5.32 Å². The summed E-state index contributed by atoms with van der Waals surface area (Å²) in [7, 11) is 0. The first-order chi connectivity index (χ1) is 18.4. The van der Waals surface area contributed by atoms with Gasteiger partial charge in [-0.3, -0.25) is 14.4 Å². The lowest BCUT2D eigenvalue weighted by Crippen LogP contribution is -2.66. The fraction of sp³-hybridized carbons (Fsp3) is 0.882. The molecule has 5 aliphatic rings. The number of ketones is 2. The van der Waals surface area contributed by atoms with E-state index in [1.165, 1.54) is 19.3 Å². The molecule has 0 unspecified atom stereocenters. The van der Waals surface area contributed by atoms with Crippen molar-refractivity contribution in [1.29, 1.82) is 5.26 Å². The van der Waals surface area contributed by atoms with E-state index in [1.54, 1.807) is 13.8 Å². The van der Waals surface area contributed by atoms with Gasteiger partial charge in [-0.25, -0.2) is 0 Å². The van der Waals surface area contributed by atoms with Crippen LogP contribution in [0.3, 0.4) is 0 Å². The van der Waals surface area contributed by atoms with Crippen molar-refractivity contribution in [2.45, 2.75) is 137 Å². The summed E-state index contributed by atoms with van der Waals surface area (Å²) < 4.78 is 0. The Morgan fingerprint density at radius 1 is 0.821 bits per heavy atom. The zero-order valence-electron chi connectivity index (χ0n) is 25.2. The molecule has 0 aliphatic heterocycles. The van der Waals surface area contributed by atoms with Gasteiger partial charge in [0.25, 0.3) is 0 Å². The van der Waals surface area contributed by atoms with Crippen LogP contribution in [0.1, 0.15) is 131 Å². The minimum Gasteiger partial charge on any atom is -0.353 e. The summed E-state index contributed by atoms with van der Waals surface area (Å²) in [5.74, 6) is 1.62. The van der Waals surface area contributed by atoms with Crippen LogP contribution in [-0.4, -0.2) is 23.5 Å². The Kier molecular flexibility index (Phi) is 7.60. The van der Waals surface area contributed by atoms with E-state index in [0.29, 0.717) is 24.3 Å². The highest BCUT2D eigenvalue weighted by molar-refractivity contribution is 5.87. The summed E-state index contributed by atoms with van der Waals surface area (Å²) in [6, 6.07) is 2.67. The summed E-state index contributed by atoms with van der Waals surface area (Å²) in [4.78, 5) is 40.3. The SMILES string of the molecule is CC(=O)[C@@H]1CC[C@]2(C(=O)NC3CCCCC3)CC[C@]3(C)[C@H](CC[C@@H]4[C@@](C)(CCC#N)[C@H](C(C)=O)CC[C@]43C)[C@@H]12. The maximum Gasteiger partial charge on any atom is 0.226 e. The Bertz CT molecular complexity index is 1040. The number of fused-ring (bicyclic) bond motifs is 5. The molecule has 5 fully saturated rings. The Labute approximate surface area is 236 Å². The predicted octanol–water partition coefficient (Wildman–Crippen LogP) is 7.18. The van der Waals surface area contributed by atoms with Gasteiger partial charge in [0.15, 0.2) is 0 Å². The number of nitriles is 1. The summed E-state index contributed by atoms with van der Waals surface area (Å²) in [6.45, 7) is 10.8. The maximum atomic E-state index is 14.2. The zero-order chi connectivity index (χ0) is 28.2. The van der Waals surface area contributed by atoms with Crippen molar-refractivity contribution < 1.29 is 14.4 Å². The van der Waals surface area contributed by atoms with Gasteiger partial charge in [0.2, 0.25) is 5.91 Å². The molecular weight excluding hydrogens is 484 g/mol. The molecule has 0 spiro atoms. The van der Waals surface area contributed by atoms with Crippen LogP contribution in [0.15, 0.2) is 0 Å². The number of hydrogen-bond acceptors (Lipinski definition) is 4. The van der Waals surface area contributed by atoms with Crippen molar-refractivity contribution in [3.05, 3.63) is 0 Å². The second kappa shape index (κ2) is 10.3. The Morgan fingerprint density at radius 3 is 2.18 bits per heavy atom. The molecule has 0 aromatic carbocycles. The molecule has 9 atom stereocenters. The number of Topliss-reactive ketones (excluding diaryl/α,β-unsaturated/α-hetero) is 2. The molecule has 0 radical (unpaired) electrons. The van der Waals surface area contributed by atoms with Crippen molar-refractivity contribution >= 4 is 17.5 Å². The van der Waals surface area contributed by atoms with Gasteiger partial charge >= 0.3 is 0 Å². The second-order valence-corrected chi connectivity index (χ2v) is 15.2. The number of carbonyl (C=O) groups is 3. The Morgan fingerprint density at radius 2 is 1.54 bits per heavy atom. The molecule has 5 rings (SSSR count). The number of amides is 1. The van der Waals surface area contributed by atoms with Crippen molar-refractivity contribution in [3.8, 4) is 6.07 Å². The van der Waals surface area contributed by atoms with Gasteiger partial charge in [-0.05, 0) is 118 Å². The third-order valence-corrected chi connectivity index (χ3v) is 13.9. The monoisotopic (exact) mass is 536 g/mol. The van der Waals surface area contributed by atoms with Gasteiger partial charge in [0.1, 0.15) is 11.6 Å². The highest BCUT2D eigenvalue weighted by atomic mass is 16.2. The van der Waals surface area contributed by atoms with Crippen LogP contribution in [0.2, 0.25) is 0 Å². The van der Waals surface area contributed by atoms with Crippen LogP contribution in [0.5, 0.6) is 0 Å². The number of nitrogens with zero attached hydrogens (tertiary/aromatic N) is 1. The molecule has 5 saturated carbocycles. The van der Waals surface area contributed by atoms with Crippen LogP contribution < -0.4 is 5.32 Å². The standard InChI is InChI=1S/C34H52N2O3/c1-22(37)25-14-18-34(30(39)36-24-10-7-6-8-11-24)20-19-32(4)27(29(25)34)12-13-28-31(3,16-9-21-35)26(23(2)38)15-17-33(28,32)5/h24-29H,6-20H2,1-5H3,(H,36,39)/t25-,26-,27+,28+,29+,31-,32+,33+,34-/m0/s1. The minimum atomic E-state index is -0.415. The number of rotatable bonds is 6. The van der Waals surface area contributed by atoms with Crippen molar-refractivity contribution in [2.24, 2.45) is 51.2 Å². The number of hydrogen-bond donors (Lipinski definition) is 1. The Balaban J connectivity index is 1.51. The van der Waals surface area contributed by atoms with E-state index in [1.807, 2.05) is 0 Å². The molecule has 0 saturated heterocycles. The molecule has 0 aromatic rings. The smallest absolute Gasteiger partial charge is 0.226 e. The highest BCUT2D eigenvalue weighted by Crippen LogP contribution is 2.75. The number of carbonyl (C=O) groups excluding carboxylic acids is 3. The summed E-state index contributed by atoms with van der Waals surface area (Å²) in [6.07, 6.45) is 14.7. The number of nitrogens with one attached hydrogen (secondary N) is 1. The largest absolute Gasteiger partial charge is 0.353 e. The van der Waals surface area contributed by atoms with E-state index in [-0.39, 0.29) is 51.5 Å². The van der Waals surface area contributed by atoms with E-state index in [0.717, 1.165) is 70.6 Å². The van der Waals surface area contributed by atoms with Gasteiger partial charge in [0, 0.05) is 24.3 Å². The molecular formula is C34H52N2O3. The first kappa shape index (κ1) is 28.8. The van der Waals surface area contributed by atoms with Gasteiger partial charge in [-0.2, -0.15) is 5.26 Å². The molecule has 5 nitrogen and oxygen atoms in total. The lowest BCUT2D eigenvalue weighted by Gasteiger charge is -2.70. The fourth-order valence-corrected chi connectivity index (χ4v) is 11.7. The Hall–Kier alpha value is -1.70. The molecule has 1 amide bonds. The van der Waals surface area contributed by atoms with E-state index in [4.69, 9.17) is 0 Å². The maximum absolute atomic E-state index is 14.2. The molecule has 0 heterocycles. The summed E-state index contributed by atoms with van der Waals surface area (Å²) >= 11 is 0. The average Bonchev–Trinajstić information content (AvgIpc) is 3.30. The lowest BCUT2D eigenvalue weighted by atomic mass is 9.34. The van der Waals surface area contributed by atoms with E-state index in [9.17, 15) is 19.6 Å². The normalized spacial score (nSPS) is 45.8. The van der Waals surface area contributed by atoms with Crippen LogP contribution >= 0.6 is 0 Å². The predicted molar refractivity (Wildman–Crippen MR) is 152 cm³/mol. The minimum absolute atomic E-state index is 0.0168. The van der Waals surface area contributed by atoms with E-state index in [2.05, 4.69) is 32.2 Å². The first-order valence-corrected chi connectivity index (χ1v) is 16.1. The van der Waals surface area contributed by atoms with Crippen molar-refractivity contribution in [1.82, 2.24) is 5.32 Å². The fourth-order valence-electron chi connectivity index (χ4n) is 11.7. The van der Waals surface area contributed by atoms with Crippen LogP contribution in [0, 0.1) is 62.6 Å². The topological polar surface area (TPSA) is 87.0 Å². The van der Waals surface area contributed by atoms with Crippen LogP contribution in [0.4, 0.5) is 0 Å². The second-order valence-electron chi connectivity index (χ2n) is 15.2. The molecule has 1 N–H and O–H groups in total. The average molecular weight is 537 g/mol. The summed E-state index contributed by atoms with van der Waals surface area (Å²) in [5, 5.41) is 13.0. The first-order valence-electron chi connectivity index (χ1n) is 16.1. The third kappa shape index (κ3) is 4.25.